The van der Waals surface area contributed by atoms with Gasteiger partial charge < -0.3 is 4.90 Å². The molecule has 1 nitrogen and oxygen atoms in total. The Balaban J connectivity index is 1.37. The molecule has 0 N–H and O–H groups in total. The molecule has 1 aliphatic carbocycles. The van der Waals surface area contributed by atoms with Crippen molar-refractivity contribution < 1.29 is 0 Å². The second-order valence-electron chi connectivity index (χ2n) is 10.9. The van der Waals surface area contributed by atoms with Crippen molar-refractivity contribution in [3.05, 3.63) is 143 Å². The minimum absolute atomic E-state index is 0.562. The molecule has 0 radical (unpaired) electrons. The van der Waals surface area contributed by atoms with Crippen LogP contribution < -0.4 is 4.90 Å². The van der Waals surface area contributed by atoms with Gasteiger partial charge in [0.25, 0.3) is 0 Å². The van der Waals surface area contributed by atoms with Crippen LogP contribution in [-0.4, -0.2) is 6.04 Å². The van der Waals surface area contributed by atoms with E-state index in [1.807, 2.05) is 0 Å². The van der Waals surface area contributed by atoms with E-state index in [2.05, 4.69) is 133 Å². The lowest BCUT2D eigenvalue weighted by atomic mass is 9.82. The van der Waals surface area contributed by atoms with E-state index in [1.165, 1.54) is 81.2 Å². The molecular formula is C37H33N. The normalized spacial score (nSPS) is 18.9. The summed E-state index contributed by atoms with van der Waals surface area (Å²) in [5.74, 6) is 0.603. The first kappa shape index (κ1) is 23.0. The van der Waals surface area contributed by atoms with Gasteiger partial charge >= 0.3 is 0 Å². The number of fused-ring (bicyclic) bond motifs is 4. The van der Waals surface area contributed by atoms with Crippen molar-refractivity contribution in [3.63, 3.8) is 0 Å². The highest BCUT2D eigenvalue weighted by Gasteiger charge is 2.40. The lowest BCUT2D eigenvalue weighted by Gasteiger charge is -2.33. The maximum absolute atomic E-state index is 2.63. The monoisotopic (exact) mass is 491 g/mol. The van der Waals surface area contributed by atoms with Crippen molar-refractivity contribution in [1.82, 2.24) is 0 Å². The molecule has 5 aromatic carbocycles. The lowest BCUT2D eigenvalue weighted by molar-refractivity contribution is 0.402. The molecule has 2 aliphatic rings. The SMILES string of the molecule is Cc1ccc(N2c3ccc(/C=C(\c4ccccc4)c4cccc5ccccc45)cc3C3CCCCC32)cc1. The molecule has 5 aromatic rings. The first-order valence-electron chi connectivity index (χ1n) is 14.0. The molecule has 0 bridgehead atoms. The van der Waals surface area contributed by atoms with Gasteiger partial charge in [0.2, 0.25) is 0 Å². The minimum atomic E-state index is 0.562. The molecular weight excluding hydrogens is 458 g/mol. The third kappa shape index (κ3) is 4.03. The van der Waals surface area contributed by atoms with Crippen molar-refractivity contribution in [1.29, 1.82) is 0 Å². The van der Waals surface area contributed by atoms with Crippen molar-refractivity contribution in [2.75, 3.05) is 4.90 Å². The number of aryl methyl sites for hydroxylation is 1. The Morgan fingerprint density at radius 1 is 0.737 bits per heavy atom. The number of nitrogens with zero attached hydrogens (tertiary/aromatic N) is 1. The van der Waals surface area contributed by atoms with Gasteiger partial charge in [-0.1, -0.05) is 109 Å². The van der Waals surface area contributed by atoms with Crippen molar-refractivity contribution in [2.45, 2.75) is 44.6 Å². The number of benzene rings is 5. The summed E-state index contributed by atoms with van der Waals surface area (Å²) < 4.78 is 0. The second-order valence-corrected chi connectivity index (χ2v) is 10.9. The summed E-state index contributed by atoms with van der Waals surface area (Å²) in [5.41, 5.74) is 10.7. The topological polar surface area (TPSA) is 3.24 Å². The first-order chi connectivity index (χ1) is 18.8. The second kappa shape index (κ2) is 9.65. The van der Waals surface area contributed by atoms with Crippen LogP contribution in [0.15, 0.2) is 115 Å². The summed E-state index contributed by atoms with van der Waals surface area (Å²) in [7, 11) is 0. The fourth-order valence-electron chi connectivity index (χ4n) is 6.74. The summed E-state index contributed by atoms with van der Waals surface area (Å²) in [6.07, 6.45) is 7.60. The quantitative estimate of drug-likeness (QED) is 0.226. The van der Waals surface area contributed by atoms with Gasteiger partial charge in [0.1, 0.15) is 0 Å². The van der Waals surface area contributed by atoms with Gasteiger partial charge in [0.05, 0.1) is 0 Å². The highest BCUT2D eigenvalue weighted by molar-refractivity contribution is 6.02. The van der Waals surface area contributed by atoms with Gasteiger partial charge in [-0.15, -0.1) is 0 Å². The molecule has 38 heavy (non-hydrogen) atoms. The lowest BCUT2D eigenvalue weighted by Crippen LogP contribution is -2.32. The van der Waals surface area contributed by atoms with Crippen molar-refractivity contribution >= 4 is 33.8 Å². The van der Waals surface area contributed by atoms with Gasteiger partial charge in [-0.2, -0.15) is 0 Å². The molecule has 0 spiro atoms. The zero-order valence-electron chi connectivity index (χ0n) is 22.0. The van der Waals surface area contributed by atoms with E-state index >= 15 is 0 Å². The fraction of sp³-hybridized carbons (Fsp3) is 0.189. The van der Waals surface area contributed by atoms with E-state index in [4.69, 9.17) is 0 Å². The third-order valence-electron chi connectivity index (χ3n) is 8.56. The summed E-state index contributed by atoms with van der Waals surface area (Å²) in [5, 5.41) is 2.57. The van der Waals surface area contributed by atoms with E-state index in [0.717, 1.165) is 0 Å². The zero-order chi connectivity index (χ0) is 25.5. The summed E-state index contributed by atoms with van der Waals surface area (Å²) in [6, 6.07) is 43.1. The van der Waals surface area contributed by atoms with Crippen LogP contribution in [0.2, 0.25) is 0 Å². The fourth-order valence-corrected chi connectivity index (χ4v) is 6.74. The molecule has 1 aliphatic heterocycles. The molecule has 0 saturated heterocycles. The molecule has 1 fully saturated rings. The maximum Gasteiger partial charge on any atom is 0.0450 e. The van der Waals surface area contributed by atoms with Gasteiger partial charge in [-0.3, -0.25) is 0 Å². The molecule has 7 rings (SSSR count). The van der Waals surface area contributed by atoms with E-state index in [1.54, 1.807) is 0 Å². The van der Waals surface area contributed by atoms with Crippen LogP contribution in [0.5, 0.6) is 0 Å². The van der Waals surface area contributed by atoms with E-state index < -0.39 is 0 Å². The molecule has 2 atom stereocenters. The summed E-state index contributed by atoms with van der Waals surface area (Å²) in [4.78, 5) is 2.63. The molecule has 186 valence electrons. The summed E-state index contributed by atoms with van der Waals surface area (Å²) >= 11 is 0. The highest BCUT2D eigenvalue weighted by atomic mass is 15.2. The van der Waals surface area contributed by atoms with E-state index in [-0.39, 0.29) is 0 Å². The van der Waals surface area contributed by atoms with Gasteiger partial charge in [0.15, 0.2) is 0 Å². The van der Waals surface area contributed by atoms with Crippen LogP contribution >= 0.6 is 0 Å². The Hall–Kier alpha value is -4.10. The molecule has 0 amide bonds. The average molecular weight is 492 g/mol. The van der Waals surface area contributed by atoms with E-state index in [0.29, 0.717) is 12.0 Å². The predicted octanol–water partition coefficient (Wildman–Crippen LogP) is 9.92. The zero-order valence-corrected chi connectivity index (χ0v) is 22.0. The van der Waals surface area contributed by atoms with Crippen molar-refractivity contribution in [3.8, 4) is 0 Å². The summed E-state index contributed by atoms with van der Waals surface area (Å²) in [6.45, 7) is 2.17. The predicted molar refractivity (Wildman–Crippen MR) is 162 cm³/mol. The van der Waals surface area contributed by atoms with E-state index in [9.17, 15) is 0 Å². The van der Waals surface area contributed by atoms with Crippen LogP contribution in [0.3, 0.4) is 0 Å². The number of hydrogen-bond acceptors (Lipinski definition) is 1. The minimum Gasteiger partial charge on any atom is -0.338 e. The molecule has 0 aromatic heterocycles. The van der Waals surface area contributed by atoms with Gasteiger partial charge in [0, 0.05) is 23.3 Å². The van der Waals surface area contributed by atoms with Crippen molar-refractivity contribution in [2.24, 2.45) is 0 Å². The Kier molecular flexibility index (Phi) is 5.85. The number of anilines is 2. The van der Waals surface area contributed by atoms with Crippen LogP contribution in [0.25, 0.3) is 22.4 Å². The largest absolute Gasteiger partial charge is 0.338 e. The Bertz CT molecular complexity index is 1620. The van der Waals surface area contributed by atoms with Crippen LogP contribution in [0.4, 0.5) is 11.4 Å². The smallest absolute Gasteiger partial charge is 0.0450 e. The van der Waals surface area contributed by atoms with Crippen LogP contribution in [0, 0.1) is 6.92 Å². The standard InChI is InChI=1S/C37H33N/c1-26-18-21-30(22-19-26)38-36-17-8-7-15-33(36)35-25-27(20-23-37(35)38)24-34(29-10-3-2-4-11-29)32-16-9-13-28-12-5-6-14-31(28)32/h2-6,9-14,16,18-25,33,36H,7-8,15,17H2,1H3/b34-24+. The molecule has 2 unspecified atom stereocenters. The Morgan fingerprint density at radius 2 is 1.50 bits per heavy atom. The maximum atomic E-state index is 2.63. The molecule has 1 heteroatoms. The number of hydrogen-bond donors (Lipinski definition) is 0. The Labute approximate surface area is 226 Å². The van der Waals surface area contributed by atoms with Gasteiger partial charge in [-0.25, -0.2) is 0 Å². The first-order valence-corrected chi connectivity index (χ1v) is 14.0. The van der Waals surface area contributed by atoms with Gasteiger partial charge in [-0.05, 0) is 88.7 Å². The number of rotatable bonds is 4. The highest BCUT2D eigenvalue weighted by Crippen LogP contribution is 2.51. The average Bonchev–Trinajstić information content (AvgIpc) is 3.30. The molecule has 1 heterocycles. The Morgan fingerprint density at radius 3 is 2.37 bits per heavy atom. The molecule has 1 saturated carbocycles. The third-order valence-corrected chi connectivity index (χ3v) is 8.56. The van der Waals surface area contributed by atoms with Crippen LogP contribution in [-0.2, 0) is 0 Å². The van der Waals surface area contributed by atoms with Crippen LogP contribution in [0.1, 0.15) is 59.4 Å².